The van der Waals surface area contributed by atoms with E-state index in [9.17, 15) is 14.4 Å². The van der Waals surface area contributed by atoms with Crippen LogP contribution < -0.4 is 20.1 Å². The van der Waals surface area contributed by atoms with Gasteiger partial charge >= 0.3 is 0 Å². The van der Waals surface area contributed by atoms with Crippen LogP contribution in [0.2, 0.25) is 0 Å². The van der Waals surface area contributed by atoms with Gasteiger partial charge in [0.25, 0.3) is 11.8 Å². The standard InChI is InChI=1S/C40H49N5O4S2/c1-4-22-41-38(47)28-45(24-5-2)40(49)33-11-9-13-37(27-33)51-44-35-20-16-31(17-21-35)29(3)30-14-18-34(19-15-30)43-50-36-12-8-10-32(26-36)39(48)42-23-6-7-25-46/h8-21,26-27,29,43-44,46H,4-7,22-25,28H2,1-3H3,(H,41,47)(H,42,48). The lowest BCUT2D eigenvalue weighted by Crippen LogP contribution is -2.41. The summed E-state index contributed by atoms with van der Waals surface area (Å²) < 4.78 is 6.76. The van der Waals surface area contributed by atoms with Crippen LogP contribution in [0, 0.1) is 0 Å². The molecule has 9 nitrogen and oxygen atoms in total. The molecule has 0 aliphatic rings. The Morgan fingerprint density at radius 2 is 1.27 bits per heavy atom. The van der Waals surface area contributed by atoms with Crippen molar-refractivity contribution in [3.05, 3.63) is 119 Å². The van der Waals surface area contributed by atoms with E-state index in [1.54, 1.807) is 17.0 Å². The minimum Gasteiger partial charge on any atom is -0.396 e. The third-order valence-corrected chi connectivity index (χ3v) is 9.78. The summed E-state index contributed by atoms with van der Waals surface area (Å²) >= 11 is 2.90. The van der Waals surface area contributed by atoms with Gasteiger partial charge in [0.1, 0.15) is 0 Å². The van der Waals surface area contributed by atoms with Crippen molar-refractivity contribution < 1.29 is 19.5 Å². The van der Waals surface area contributed by atoms with Gasteiger partial charge in [-0.2, -0.15) is 0 Å². The molecule has 0 heterocycles. The summed E-state index contributed by atoms with van der Waals surface area (Å²) in [6.07, 6.45) is 3.04. The van der Waals surface area contributed by atoms with Gasteiger partial charge in [0.15, 0.2) is 0 Å². The number of nitrogens with one attached hydrogen (secondary N) is 4. The van der Waals surface area contributed by atoms with Gasteiger partial charge in [-0.05, 0) is 121 Å². The molecule has 1 unspecified atom stereocenters. The maximum absolute atomic E-state index is 13.3. The predicted molar refractivity (Wildman–Crippen MR) is 210 cm³/mol. The van der Waals surface area contributed by atoms with Crippen molar-refractivity contribution in [1.82, 2.24) is 15.5 Å². The molecular weight excluding hydrogens is 679 g/mol. The van der Waals surface area contributed by atoms with Crippen molar-refractivity contribution in [2.45, 2.75) is 62.2 Å². The van der Waals surface area contributed by atoms with Crippen molar-refractivity contribution in [3.8, 4) is 0 Å². The van der Waals surface area contributed by atoms with Crippen molar-refractivity contribution in [1.29, 1.82) is 0 Å². The lowest BCUT2D eigenvalue weighted by atomic mass is 9.93. The van der Waals surface area contributed by atoms with E-state index in [2.05, 4.69) is 75.5 Å². The molecular formula is C40H49N5O4S2. The second-order valence-corrected chi connectivity index (χ2v) is 14.0. The number of rotatable bonds is 20. The van der Waals surface area contributed by atoms with Crippen molar-refractivity contribution >= 4 is 53.0 Å². The Morgan fingerprint density at radius 1 is 0.706 bits per heavy atom. The number of hydrogen-bond acceptors (Lipinski definition) is 8. The van der Waals surface area contributed by atoms with Gasteiger partial charge in [-0.25, -0.2) is 0 Å². The minimum atomic E-state index is -0.148. The zero-order valence-electron chi connectivity index (χ0n) is 29.6. The summed E-state index contributed by atoms with van der Waals surface area (Å²) in [5, 5.41) is 14.7. The Hall–Kier alpha value is -4.45. The van der Waals surface area contributed by atoms with E-state index in [0.717, 1.165) is 40.4 Å². The maximum Gasteiger partial charge on any atom is 0.254 e. The summed E-state index contributed by atoms with van der Waals surface area (Å²) in [6.45, 7) is 8.03. The number of amides is 3. The number of anilines is 2. The van der Waals surface area contributed by atoms with Crippen molar-refractivity contribution in [2.24, 2.45) is 0 Å². The van der Waals surface area contributed by atoms with E-state index in [1.165, 1.54) is 35.0 Å². The molecule has 0 saturated heterocycles. The number of benzene rings is 4. The fourth-order valence-electron chi connectivity index (χ4n) is 5.24. The van der Waals surface area contributed by atoms with E-state index in [4.69, 9.17) is 5.11 Å². The Balaban J connectivity index is 1.28. The van der Waals surface area contributed by atoms with E-state index < -0.39 is 0 Å². The Kier molecular flexibility index (Phi) is 16.2. The van der Waals surface area contributed by atoms with Gasteiger partial charge in [0.05, 0.1) is 6.54 Å². The lowest BCUT2D eigenvalue weighted by Gasteiger charge is -2.22. The van der Waals surface area contributed by atoms with Crippen molar-refractivity contribution in [3.63, 3.8) is 0 Å². The summed E-state index contributed by atoms with van der Waals surface area (Å²) in [7, 11) is 0. The zero-order chi connectivity index (χ0) is 36.4. The van der Waals surface area contributed by atoms with Crippen LogP contribution in [0.1, 0.15) is 84.2 Å². The van der Waals surface area contributed by atoms with Crippen LogP contribution in [0.25, 0.3) is 0 Å². The molecule has 5 N–H and O–H groups in total. The topological polar surface area (TPSA) is 123 Å². The van der Waals surface area contributed by atoms with E-state index >= 15 is 0 Å². The number of unbranched alkanes of at least 4 members (excludes halogenated alkanes) is 1. The largest absolute Gasteiger partial charge is 0.396 e. The normalized spacial score (nSPS) is 11.4. The number of aliphatic hydroxyl groups excluding tert-OH is 1. The summed E-state index contributed by atoms with van der Waals surface area (Å²) in [5.74, 6) is -0.208. The number of hydrogen-bond donors (Lipinski definition) is 5. The molecule has 0 aromatic heterocycles. The quantitative estimate of drug-likeness (QED) is 0.0459. The van der Waals surface area contributed by atoms with Crippen molar-refractivity contribution in [2.75, 3.05) is 42.2 Å². The molecule has 0 aliphatic carbocycles. The summed E-state index contributed by atoms with van der Waals surface area (Å²) in [5.41, 5.74) is 5.47. The number of carbonyl (C=O) groups is 3. The highest BCUT2D eigenvalue weighted by Gasteiger charge is 2.18. The molecule has 4 rings (SSSR count). The highest BCUT2D eigenvalue weighted by Crippen LogP contribution is 2.29. The highest BCUT2D eigenvalue weighted by molar-refractivity contribution is 8.00. The maximum atomic E-state index is 13.3. The fourth-order valence-corrected chi connectivity index (χ4v) is 6.65. The summed E-state index contributed by atoms with van der Waals surface area (Å²) in [6, 6.07) is 31.7. The van der Waals surface area contributed by atoms with E-state index in [1.807, 2.05) is 50.2 Å². The predicted octanol–water partition coefficient (Wildman–Crippen LogP) is 7.96. The van der Waals surface area contributed by atoms with Gasteiger partial charge in [-0.15, -0.1) is 0 Å². The van der Waals surface area contributed by atoms with Crippen LogP contribution in [0.3, 0.4) is 0 Å². The molecule has 270 valence electrons. The van der Waals surface area contributed by atoms with Crippen LogP contribution >= 0.6 is 23.9 Å². The molecule has 0 aliphatic heterocycles. The lowest BCUT2D eigenvalue weighted by molar-refractivity contribution is -0.121. The first-order chi connectivity index (χ1) is 24.8. The molecule has 0 radical (unpaired) electrons. The zero-order valence-corrected chi connectivity index (χ0v) is 31.2. The number of carbonyl (C=O) groups excluding carboxylic acids is 3. The molecule has 1 atom stereocenters. The van der Waals surface area contributed by atoms with Gasteiger partial charge in [-0.3, -0.25) is 14.4 Å². The minimum absolute atomic E-state index is 0.0546. The van der Waals surface area contributed by atoms with Gasteiger partial charge in [-0.1, -0.05) is 57.2 Å². The molecule has 11 heteroatoms. The second kappa shape index (κ2) is 21.0. The van der Waals surface area contributed by atoms with Gasteiger partial charge < -0.3 is 30.1 Å². The van der Waals surface area contributed by atoms with E-state index in [0.29, 0.717) is 37.2 Å². The highest BCUT2D eigenvalue weighted by atomic mass is 32.2. The van der Waals surface area contributed by atoms with Gasteiger partial charge in [0, 0.05) is 64.5 Å². The molecule has 3 amide bonds. The Bertz CT molecular complexity index is 1700. The third-order valence-electron chi connectivity index (χ3n) is 8.13. The molecule has 0 saturated carbocycles. The molecule has 0 fully saturated rings. The average molecular weight is 728 g/mol. The molecule has 4 aromatic carbocycles. The van der Waals surface area contributed by atoms with Crippen LogP contribution in [0.4, 0.5) is 11.4 Å². The Labute approximate surface area is 310 Å². The number of aliphatic hydroxyl groups is 1. The van der Waals surface area contributed by atoms with Gasteiger partial charge in [0.2, 0.25) is 5.91 Å². The molecule has 51 heavy (non-hydrogen) atoms. The second-order valence-electron chi connectivity index (χ2n) is 12.2. The monoisotopic (exact) mass is 727 g/mol. The number of nitrogens with zero attached hydrogens (tertiary/aromatic N) is 1. The van der Waals surface area contributed by atoms with Crippen LogP contribution in [-0.4, -0.2) is 60.5 Å². The SMILES string of the molecule is CCCNC(=O)CN(CCC)C(=O)c1cccc(SNc2ccc(C(C)c3ccc(NSc4cccc(C(=O)NCCCCO)c4)cc3)cc2)c1. The molecule has 0 spiro atoms. The van der Waals surface area contributed by atoms with Crippen LogP contribution in [-0.2, 0) is 4.79 Å². The van der Waals surface area contributed by atoms with Crippen LogP contribution in [0.5, 0.6) is 0 Å². The first-order valence-electron chi connectivity index (χ1n) is 17.5. The average Bonchev–Trinajstić information content (AvgIpc) is 3.17. The smallest absolute Gasteiger partial charge is 0.254 e. The Morgan fingerprint density at radius 3 is 1.82 bits per heavy atom. The first-order valence-corrected chi connectivity index (χ1v) is 19.1. The fraction of sp³-hybridized carbons (Fsp3) is 0.325. The summed E-state index contributed by atoms with van der Waals surface area (Å²) in [4.78, 5) is 41.5. The molecule has 4 aromatic rings. The first kappa shape index (κ1) is 39.3. The molecule has 0 bridgehead atoms. The van der Waals surface area contributed by atoms with Crippen LogP contribution in [0.15, 0.2) is 107 Å². The van der Waals surface area contributed by atoms with E-state index in [-0.39, 0.29) is 36.8 Å². The third kappa shape index (κ3) is 12.7.